The Morgan fingerprint density at radius 1 is 1.44 bits per heavy atom. The number of hydrogen-bond acceptors (Lipinski definition) is 5. The van der Waals surface area contributed by atoms with E-state index in [1.165, 1.54) is 13.3 Å². The van der Waals surface area contributed by atoms with Crippen molar-refractivity contribution in [1.82, 2.24) is 15.0 Å². The van der Waals surface area contributed by atoms with Crippen LogP contribution < -0.4 is 10.2 Å². The van der Waals surface area contributed by atoms with Crippen LogP contribution in [0.2, 0.25) is 0 Å². The first-order valence-electron chi connectivity index (χ1n) is 7.37. The first-order valence-corrected chi connectivity index (χ1v) is 8.16. The summed E-state index contributed by atoms with van der Waals surface area (Å²) in [5.41, 5.74) is 4.85. The van der Waals surface area contributed by atoms with E-state index in [4.69, 9.17) is 4.74 Å². The standard InChI is InChI=1S/C17H15BrN4O3/c1-25-15-7-11(6-12(18)17(15)24)8-20-21-16(23)9-22-10-19-13-4-2-3-5-14(13)22/h2-8,10,24H,9H2,1H3,(H,21,23)/b20-8-. The number of hydrazone groups is 1. The van der Waals surface area contributed by atoms with E-state index in [1.54, 1.807) is 23.0 Å². The number of benzene rings is 2. The first kappa shape index (κ1) is 17.0. The molecule has 0 radical (unpaired) electrons. The summed E-state index contributed by atoms with van der Waals surface area (Å²) in [6, 6.07) is 10.9. The van der Waals surface area contributed by atoms with Crippen LogP contribution in [0.4, 0.5) is 0 Å². The lowest BCUT2D eigenvalue weighted by Gasteiger charge is -2.06. The molecule has 0 unspecified atom stereocenters. The molecule has 0 bridgehead atoms. The first-order chi connectivity index (χ1) is 12.1. The predicted octanol–water partition coefficient (Wildman–Crippen LogP) is 2.66. The van der Waals surface area contributed by atoms with Crippen LogP contribution in [0.1, 0.15) is 5.56 Å². The fourth-order valence-corrected chi connectivity index (χ4v) is 2.79. The van der Waals surface area contributed by atoms with Crippen molar-refractivity contribution in [1.29, 1.82) is 0 Å². The topological polar surface area (TPSA) is 88.7 Å². The SMILES string of the molecule is COc1cc(/C=N\NC(=O)Cn2cnc3ccccc32)cc(Br)c1O. The maximum Gasteiger partial charge on any atom is 0.260 e. The third-order valence-electron chi connectivity index (χ3n) is 3.51. The van der Waals surface area contributed by atoms with Gasteiger partial charge in [0.05, 0.1) is 35.2 Å². The molecule has 0 saturated heterocycles. The number of nitrogens with zero attached hydrogens (tertiary/aromatic N) is 3. The third kappa shape index (κ3) is 3.80. The quantitative estimate of drug-likeness (QED) is 0.507. The predicted molar refractivity (Wildman–Crippen MR) is 97.8 cm³/mol. The summed E-state index contributed by atoms with van der Waals surface area (Å²) >= 11 is 3.23. The Labute approximate surface area is 152 Å². The molecule has 0 spiro atoms. The van der Waals surface area contributed by atoms with Crippen molar-refractivity contribution >= 4 is 39.1 Å². The molecule has 3 aromatic rings. The lowest BCUT2D eigenvalue weighted by molar-refractivity contribution is -0.121. The number of para-hydroxylation sites is 2. The van der Waals surface area contributed by atoms with Gasteiger partial charge in [0.25, 0.3) is 5.91 Å². The van der Waals surface area contributed by atoms with Crippen molar-refractivity contribution < 1.29 is 14.6 Å². The van der Waals surface area contributed by atoms with E-state index in [0.717, 1.165) is 11.0 Å². The van der Waals surface area contributed by atoms with Gasteiger partial charge in [-0.25, -0.2) is 10.4 Å². The number of aromatic hydroxyl groups is 1. The highest BCUT2D eigenvalue weighted by atomic mass is 79.9. The second kappa shape index (κ2) is 7.35. The number of halogens is 1. The van der Waals surface area contributed by atoms with Crippen LogP contribution in [0, 0.1) is 0 Å². The second-order valence-electron chi connectivity index (χ2n) is 5.21. The Kier molecular flexibility index (Phi) is 4.99. The summed E-state index contributed by atoms with van der Waals surface area (Å²) in [4.78, 5) is 16.3. The number of phenolic OH excluding ortho intramolecular Hbond substituents is 1. The molecular weight excluding hydrogens is 388 g/mol. The zero-order valence-corrected chi connectivity index (χ0v) is 14.9. The van der Waals surface area contributed by atoms with Crippen LogP contribution in [-0.4, -0.2) is 33.9 Å². The Bertz CT molecular complexity index is 952. The van der Waals surface area contributed by atoms with Gasteiger partial charge in [-0.05, 0) is 45.8 Å². The van der Waals surface area contributed by atoms with Gasteiger partial charge in [0.1, 0.15) is 6.54 Å². The van der Waals surface area contributed by atoms with E-state index in [0.29, 0.717) is 15.8 Å². The average Bonchev–Trinajstić information content (AvgIpc) is 3.01. The molecule has 0 atom stereocenters. The molecule has 0 aliphatic carbocycles. The van der Waals surface area contributed by atoms with Crippen LogP contribution in [0.15, 0.2) is 52.3 Å². The number of methoxy groups -OCH3 is 1. The normalized spacial score (nSPS) is 11.1. The average molecular weight is 403 g/mol. The summed E-state index contributed by atoms with van der Waals surface area (Å²) in [5.74, 6) is 0.0481. The number of carbonyl (C=O) groups is 1. The van der Waals surface area contributed by atoms with E-state index in [1.807, 2.05) is 24.3 Å². The molecule has 0 fully saturated rings. The van der Waals surface area contributed by atoms with Crippen LogP contribution in [0.5, 0.6) is 11.5 Å². The molecule has 128 valence electrons. The van der Waals surface area contributed by atoms with Crippen LogP contribution in [0.25, 0.3) is 11.0 Å². The number of fused-ring (bicyclic) bond motifs is 1. The number of phenols is 1. The molecule has 0 aliphatic rings. The third-order valence-corrected chi connectivity index (χ3v) is 4.12. The van der Waals surface area contributed by atoms with Crippen molar-refractivity contribution in [3.63, 3.8) is 0 Å². The minimum atomic E-state index is -0.274. The highest BCUT2D eigenvalue weighted by Crippen LogP contribution is 2.34. The summed E-state index contributed by atoms with van der Waals surface area (Å²) in [6.07, 6.45) is 3.09. The summed E-state index contributed by atoms with van der Waals surface area (Å²) in [5, 5.41) is 13.7. The van der Waals surface area contributed by atoms with E-state index in [9.17, 15) is 9.90 Å². The number of rotatable bonds is 5. The zero-order valence-electron chi connectivity index (χ0n) is 13.3. The fourth-order valence-electron chi connectivity index (χ4n) is 2.33. The Morgan fingerprint density at radius 3 is 3.04 bits per heavy atom. The number of hydrogen-bond donors (Lipinski definition) is 2. The van der Waals surface area contributed by atoms with Crippen LogP contribution in [-0.2, 0) is 11.3 Å². The molecule has 7 nitrogen and oxygen atoms in total. The van der Waals surface area contributed by atoms with Gasteiger partial charge in [-0.3, -0.25) is 4.79 Å². The fraction of sp³-hybridized carbons (Fsp3) is 0.118. The smallest absolute Gasteiger partial charge is 0.260 e. The van der Waals surface area contributed by atoms with E-state index in [-0.39, 0.29) is 18.2 Å². The number of aromatic nitrogens is 2. The van der Waals surface area contributed by atoms with Crippen molar-refractivity contribution in [3.05, 3.63) is 52.8 Å². The molecule has 1 amide bonds. The van der Waals surface area contributed by atoms with Crippen molar-refractivity contribution in [2.24, 2.45) is 5.10 Å². The van der Waals surface area contributed by atoms with E-state index in [2.05, 4.69) is 31.4 Å². The summed E-state index contributed by atoms with van der Waals surface area (Å²) in [6.45, 7) is 0.112. The lowest BCUT2D eigenvalue weighted by atomic mass is 10.2. The highest BCUT2D eigenvalue weighted by molar-refractivity contribution is 9.10. The van der Waals surface area contributed by atoms with Gasteiger partial charge in [-0.15, -0.1) is 0 Å². The van der Waals surface area contributed by atoms with Gasteiger partial charge >= 0.3 is 0 Å². The molecule has 1 heterocycles. The van der Waals surface area contributed by atoms with E-state index < -0.39 is 0 Å². The summed E-state index contributed by atoms with van der Waals surface area (Å²) < 4.78 is 7.29. The monoisotopic (exact) mass is 402 g/mol. The van der Waals surface area contributed by atoms with Crippen molar-refractivity contribution in [2.45, 2.75) is 6.54 Å². The molecule has 8 heteroatoms. The minimum absolute atomic E-state index is 0.00988. The molecule has 1 aromatic heterocycles. The summed E-state index contributed by atoms with van der Waals surface area (Å²) in [7, 11) is 1.46. The van der Waals surface area contributed by atoms with Gasteiger partial charge in [0, 0.05) is 0 Å². The second-order valence-corrected chi connectivity index (χ2v) is 6.06. The van der Waals surface area contributed by atoms with Crippen LogP contribution >= 0.6 is 15.9 Å². The highest BCUT2D eigenvalue weighted by Gasteiger charge is 2.08. The van der Waals surface area contributed by atoms with Crippen LogP contribution in [0.3, 0.4) is 0 Å². The minimum Gasteiger partial charge on any atom is -0.503 e. The number of ether oxygens (including phenoxy) is 1. The Morgan fingerprint density at radius 2 is 2.24 bits per heavy atom. The number of carbonyl (C=O) groups excluding carboxylic acids is 1. The van der Waals surface area contributed by atoms with Gasteiger partial charge in [0.15, 0.2) is 11.5 Å². The van der Waals surface area contributed by atoms with Crippen molar-refractivity contribution in [2.75, 3.05) is 7.11 Å². The Hall–Kier alpha value is -2.87. The molecule has 2 N–H and O–H groups in total. The maximum absolute atomic E-state index is 12.0. The zero-order chi connectivity index (χ0) is 17.8. The van der Waals surface area contributed by atoms with E-state index >= 15 is 0 Å². The molecule has 3 rings (SSSR count). The largest absolute Gasteiger partial charge is 0.503 e. The molecule has 0 aliphatic heterocycles. The van der Waals surface area contributed by atoms with Crippen molar-refractivity contribution in [3.8, 4) is 11.5 Å². The molecular formula is C17H15BrN4O3. The molecule has 25 heavy (non-hydrogen) atoms. The van der Waals surface area contributed by atoms with Gasteiger partial charge in [0.2, 0.25) is 0 Å². The number of nitrogens with one attached hydrogen (secondary N) is 1. The lowest BCUT2D eigenvalue weighted by Crippen LogP contribution is -2.22. The van der Waals surface area contributed by atoms with Gasteiger partial charge in [-0.1, -0.05) is 12.1 Å². The number of amides is 1. The number of imidazole rings is 1. The maximum atomic E-state index is 12.0. The Balaban J connectivity index is 1.66. The molecule has 0 saturated carbocycles. The van der Waals surface area contributed by atoms with Gasteiger partial charge in [-0.2, -0.15) is 5.10 Å². The van der Waals surface area contributed by atoms with Gasteiger partial charge < -0.3 is 14.4 Å². The molecule has 2 aromatic carbocycles.